The van der Waals surface area contributed by atoms with Crippen LogP contribution in [0.3, 0.4) is 0 Å². The largest absolute Gasteiger partial charge is 0.411 e. The Bertz CT molecular complexity index is 767. The normalized spacial score (nSPS) is 11.7. The summed E-state index contributed by atoms with van der Waals surface area (Å²) in [4.78, 5) is 8.98. The van der Waals surface area contributed by atoms with Crippen LogP contribution in [-0.4, -0.2) is 30.3 Å². The van der Waals surface area contributed by atoms with Gasteiger partial charge in [-0.2, -0.15) is 13.2 Å². The third kappa shape index (κ3) is 10.5. The Kier molecular flexibility index (Phi) is 11.0. The van der Waals surface area contributed by atoms with Gasteiger partial charge in [-0.3, -0.25) is 4.98 Å². The topological polar surface area (TPSA) is 58.5 Å². The van der Waals surface area contributed by atoms with Crippen LogP contribution in [0.1, 0.15) is 29.4 Å². The molecule has 29 heavy (non-hydrogen) atoms. The summed E-state index contributed by atoms with van der Waals surface area (Å²) in [5, 5.41) is 6.41. The minimum Gasteiger partial charge on any atom is -0.367 e. The molecule has 0 saturated carbocycles. The van der Waals surface area contributed by atoms with E-state index in [0.717, 1.165) is 23.5 Å². The molecule has 0 unspecified atom stereocenters. The van der Waals surface area contributed by atoms with Crippen molar-refractivity contribution in [2.45, 2.75) is 39.7 Å². The van der Waals surface area contributed by atoms with Gasteiger partial charge in [-0.1, -0.05) is 30.3 Å². The van der Waals surface area contributed by atoms with Crippen LogP contribution < -0.4 is 10.6 Å². The molecule has 0 atom stereocenters. The highest BCUT2D eigenvalue weighted by molar-refractivity contribution is 14.0. The predicted molar refractivity (Wildman–Crippen MR) is 118 cm³/mol. The molecule has 1 aromatic carbocycles. The molecule has 1 aromatic heterocycles. The quantitative estimate of drug-likeness (QED) is 0.308. The number of benzene rings is 1. The third-order valence-corrected chi connectivity index (χ3v) is 3.70. The molecule has 0 bridgehead atoms. The fourth-order valence-corrected chi connectivity index (χ4v) is 2.41. The van der Waals surface area contributed by atoms with Crippen molar-refractivity contribution < 1.29 is 17.9 Å². The molecule has 0 radical (unpaired) electrons. The van der Waals surface area contributed by atoms with E-state index < -0.39 is 12.8 Å². The first kappa shape index (κ1) is 25.2. The number of nitrogens with zero attached hydrogens (tertiary/aromatic N) is 2. The second-order valence-electron chi connectivity index (χ2n) is 6.24. The lowest BCUT2D eigenvalue weighted by Gasteiger charge is -2.11. The van der Waals surface area contributed by atoms with Crippen LogP contribution in [0, 0.1) is 6.92 Å². The molecule has 0 saturated heterocycles. The Labute approximate surface area is 186 Å². The second kappa shape index (κ2) is 12.6. The lowest BCUT2D eigenvalue weighted by Crippen LogP contribution is -2.37. The molecule has 2 rings (SSSR count). The highest BCUT2D eigenvalue weighted by atomic mass is 127. The first-order valence-corrected chi connectivity index (χ1v) is 9.03. The molecule has 0 aliphatic heterocycles. The summed E-state index contributed by atoms with van der Waals surface area (Å²) in [6, 6.07) is 13.0. The minimum absolute atomic E-state index is 0. The monoisotopic (exact) mass is 522 g/mol. The highest BCUT2D eigenvalue weighted by Crippen LogP contribution is 2.16. The van der Waals surface area contributed by atoms with Crippen LogP contribution in [0.4, 0.5) is 13.2 Å². The lowest BCUT2D eigenvalue weighted by molar-refractivity contribution is -0.176. The van der Waals surface area contributed by atoms with E-state index in [-0.39, 0.29) is 30.6 Å². The van der Waals surface area contributed by atoms with Gasteiger partial charge in [0.1, 0.15) is 6.61 Å². The number of alkyl halides is 3. The van der Waals surface area contributed by atoms with Gasteiger partial charge in [0.05, 0.1) is 25.4 Å². The number of aryl methyl sites for hydroxylation is 1. The van der Waals surface area contributed by atoms with E-state index in [0.29, 0.717) is 24.6 Å². The van der Waals surface area contributed by atoms with Crippen LogP contribution >= 0.6 is 24.0 Å². The maximum Gasteiger partial charge on any atom is 0.411 e. The number of nitrogens with one attached hydrogen (secondary N) is 2. The van der Waals surface area contributed by atoms with Crippen molar-refractivity contribution in [2.75, 3.05) is 13.2 Å². The summed E-state index contributed by atoms with van der Waals surface area (Å²) in [5.41, 5.74) is 3.52. The number of ether oxygens (including phenoxy) is 1. The van der Waals surface area contributed by atoms with Gasteiger partial charge in [0, 0.05) is 12.2 Å². The van der Waals surface area contributed by atoms with Gasteiger partial charge in [0.15, 0.2) is 5.96 Å². The van der Waals surface area contributed by atoms with E-state index in [4.69, 9.17) is 0 Å². The van der Waals surface area contributed by atoms with E-state index in [1.807, 2.05) is 44.2 Å². The Balaban J connectivity index is 0.00000420. The molecular formula is C20H26F3IN4O. The Morgan fingerprint density at radius 2 is 1.76 bits per heavy atom. The fourth-order valence-electron chi connectivity index (χ4n) is 2.41. The summed E-state index contributed by atoms with van der Waals surface area (Å²) in [7, 11) is 0. The molecule has 2 N–H and O–H groups in total. The van der Waals surface area contributed by atoms with Crippen molar-refractivity contribution in [3.05, 3.63) is 65.0 Å². The van der Waals surface area contributed by atoms with E-state index in [9.17, 15) is 13.2 Å². The molecule has 0 aliphatic carbocycles. The van der Waals surface area contributed by atoms with Crippen LogP contribution in [0.5, 0.6) is 0 Å². The standard InChI is InChI=1S/C20H25F3N4O.HI/c1-3-24-19(26-12-18-6-4-5-15(2)27-18)25-11-16-7-9-17(10-8-16)13-28-14-20(21,22)23;/h4-10H,3,11-14H2,1-2H3,(H2,24,25,26);1H. The van der Waals surface area contributed by atoms with E-state index in [2.05, 4.69) is 25.3 Å². The Morgan fingerprint density at radius 3 is 2.38 bits per heavy atom. The van der Waals surface area contributed by atoms with E-state index in [1.165, 1.54) is 0 Å². The minimum atomic E-state index is -4.31. The summed E-state index contributed by atoms with van der Waals surface area (Å²) in [5.74, 6) is 0.670. The van der Waals surface area contributed by atoms with Crippen molar-refractivity contribution in [3.63, 3.8) is 0 Å². The molecule has 0 aliphatic rings. The molecule has 0 amide bonds. The summed E-state index contributed by atoms with van der Waals surface area (Å²) in [6.07, 6.45) is -4.31. The first-order chi connectivity index (χ1) is 13.4. The van der Waals surface area contributed by atoms with Crippen LogP contribution in [0.15, 0.2) is 47.5 Å². The van der Waals surface area contributed by atoms with Crippen molar-refractivity contribution >= 4 is 29.9 Å². The Morgan fingerprint density at radius 1 is 1.07 bits per heavy atom. The van der Waals surface area contributed by atoms with Crippen molar-refractivity contribution in [1.82, 2.24) is 15.6 Å². The zero-order valence-electron chi connectivity index (χ0n) is 16.4. The van der Waals surface area contributed by atoms with Crippen LogP contribution in [0.25, 0.3) is 0 Å². The second-order valence-corrected chi connectivity index (χ2v) is 6.24. The molecule has 9 heteroatoms. The number of rotatable bonds is 8. The SMILES string of the molecule is CCNC(=NCc1ccc(COCC(F)(F)F)cc1)NCc1cccc(C)n1.I. The number of halogens is 4. The van der Waals surface area contributed by atoms with Gasteiger partial charge in [0.2, 0.25) is 0 Å². The fraction of sp³-hybridized carbons (Fsp3) is 0.400. The van der Waals surface area contributed by atoms with Gasteiger partial charge in [-0.05, 0) is 37.1 Å². The molecule has 0 spiro atoms. The smallest absolute Gasteiger partial charge is 0.367 e. The number of aliphatic imine (C=N–C) groups is 1. The summed E-state index contributed by atoms with van der Waals surface area (Å²) < 4.78 is 40.9. The first-order valence-electron chi connectivity index (χ1n) is 9.03. The Hall–Kier alpha value is -1.88. The van der Waals surface area contributed by atoms with Crippen LogP contribution in [-0.2, 0) is 24.4 Å². The van der Waals surface area contributed by atoms with Crippen molar-refractivity contribution in [2.24, 2.45) is 4.99 Å². The number of aromatic nitrogens is 1. The molecule has 1 heterocycles. The maximum absolute atomic E-state index is 12.1. The maximum atomic E-state index is 12.1. The van der Waals surface area contributed by atoms with Crippen molar-refractivity contribution in [3.8, 4) is 0 Å². The van der Waals surface area contributed by atoms with Gasteiger partial charge in [-0.15, -0.1) is 24.0 Å². The van der Waals surface area contributed by atoms with Gasteiger partial charge in [-0.25, -0.2) is 4.99 Å². The average molecular weight is 522 g/mol. The van der Waals surface area contributed by atoms with Gasteiger partial charge >= 0.3 is 6.18 Å². The van der Waals surface area contributed by atoms with E-state index >= 15 is 0 Å². The number of hydrogen-bond acceptors (Lipinski definition) is 3. The number of guanidine groups is 1. The van der Waals surface area contributed by atoms with Gasteiger partial charge in [0.25, 0.3) is 0 Å². The third-order valence-electron chi connectivity index (χ3n) is 3.70. The molecule has 5 nitrogen and oxygen atoms in total. The molecular weight excluding hydrogens is 496 g/mol. The summed E-state index contributed by atoms with van der Waals surface area (Å²) in [6.45, 7) is 4.34. The number of hydrogen-bond donors (Lipinski definition) is 2. The highest BCUT2D eigenvalue weighted by Gasteiger charge is 2.27. The zero-order chi connectivity index (χ0) is 20.4. The number of pyridine rings is 1. The average Bonchev–Trinajstić information content (AvgIpc) is 2.64. The summed E-state index contributed by atoms with van der Waals surface area (Å²) >= 11 is 0. The molecule has 0 fully saturated rings. The lowest BCUT2D eigenvalue weighted by atomic mass is 10.1. The molecule has 160 valence electrons. The predicted octanol–water partition coefficient (Wildman–Crippen LogP) is 4.34. The molecule has 2 aromatic rings. The van der Waals surface area contributed by atoms with E-state index in [1.54, 1.807) is 12.1 Å². The van der Waals surface area contributed by atoms with Crippen molar-refractivity contribution in [1.29, 1.82) is 0 Å². The van der Waals surface area contributed by atoms with Gasteiger partial charge < -0.3 is 15.4 Å². The van der Waals surface area contributed by atoms with Crippen LogP contribution in [0.2, 0.25) is 0 Å². The zero-order valence-corrected chi connectivity index (χ0v) is 18.8.